The molecule has 52 heavy (non-hydrogen) atoms. The summed E-state index contributed by atoms with van der Waals surface area (Å²) in [5, 5.41) is 17.2. The molecule has 12 N–H and O–H groups in total. The van der Waals surface area contributed by atoms with Crippen LogP contribution >= 0.6 is 0 Å². The normalized spacial score (nSPS) is 35.8. The molecule has 4 aromatic carbocycles. The molecular weight excluding hydrogens is 641 g/mol. The van der Waals surface area contributed by atoms with Gasteiger partial charge in [-0.1, -0.05) is 48.5 Å². The molecule has 8 atom stereocenters. The average Bonchev–Trinajstić information content (AvgIpc) is 3.99. The number of hydrogen-bond donors (Lipinski definition) is 8. The topological polar surface area (TPSA) is 152 Å². The monoisotopic (exact) mass is 696 g/mol. The van der Waals surface area contributed by atoms with Crippen molar-refractivity contribution in [1.82, 2.24) is 21.3 Å². The maximum Gasteiger partial charge on any atom is 0.0314 e. The van der Waals surface area contributed by atoms with Gasteiger partial charge in [0.15, 0.2) is 0 Å². The van der Waals surface area contributed by atoms with Crippen molar-refractivity contribution < 1.29 is 0 Å². The fraction of sp³-hybridized carbons (Fsp3) is 0.455. The minimum absolute atomic E-state index is 0.339. The Kier molecular flexibility index (Phi) is 9.11. The summed E-state index contributed by atoms with van der Waals surface area (Å²) >= 11 is 0. The zero-order valence-electron chi connectivity index (χ0n) is 30.1. The summed E-state index contributed by atoms with van der Waals surface area (Å²) in [6.45, 7) is 0. The maximum atomic E-state index is 6.25. The Bertz CT molecular complexity index is 1500. The molecule has 8 heteroatoms. The van der Waals surface area contributed by atoms with E-state index in [1.54, 1.807) is 0 Å². The van der Waals surface area contributed by atoms with Gasteiger partial charge in [-0.05, 0) is 122 Å². The molecule has 272 valence electrons. The zero-order valence-corrected chi connectivity index (χ0v) is 30.1. The van der Waals surface area contributed by atoms with E-state index in [1.807, 2.05) is 0 Å². The van der Waals surface area contributed by atoms with Crippen LogP contribution in [-0.4, -0.2) is 48.3 Å². The minimum atomic E-state index is 0.339. The van der Waals surface area contributed by atoms with E-state index in [4.69, 9.17) is 22.9 Å². The van der Waals surface area contributed by atoms with Crippen molar-refractivity contribution in [3.63, 3.8) is 0 Å². The second-order valence-corrected chi connectivity index (χ2v) is 16.6. The maximum absolute atomic E-state index is 6.25. The third kappa shape index (κ3) is 6.44. The first-order valence-corrected chi connectivity index (χ1v) is 19.8. The van der Waals surface area contributed by atoms with E-state index in [-0.39, 0.29) is 0 Å². The van der Waals surface area contributed by atoms with E-state index in [2.05, 4.69) is 118 Å². The van der Waals surface area contributed by atoms with E-state index in [9.17, 15) is 0 Å². The summed E-state index contributed by atoms with van der Waals surface area (Å²) < 4.78 is 0. The zero-order chi connectivity index (χ0) is 35.3. The Morgan fingerprint density at radius 1 is 0.269 bits per heavy atom. The van der Waals surface area contributed by atoms with Crippen LogP contribution in [-0.2, 0) is 0 Å². The van der Waals surface area contributed by atoms with Crippen LogP contribution in [0.15, 0.2) is 97.1 Å². The summed E-state index contributed by atoms with van der Waals surface area (Å²) in [7, 11) is 0. The van der Waals surface area contributed by atoms with Gasteiger partial charge in [-0.25, -0.2) is 0 Å². The van der Waals surface area contributed by atoms with E-state index in [0.29, 0.717) is 72.0 Å². The van der Waals surface area contributed by atoms with Gasteiger partial charge in [-0.3, -0.25) is 0 Å². The number of benzene rings is 4. The van der Waals surface area contributed by atoms with Gasteiger partial charge < -0.3 is 44.2 Å². The summed E-state index contributed by atoms with van der Waals surface area (Å²) in [4.78, 5) is 0. The van der Waals surface area contributed by atoms with Gasteiger partial charge in [0.25, 0.3) is 0 Å². The lowest BCUT2D eigenvalue weighted by Crippen LogP contribution is -2.51. The smallest absolute Gasteiger partial charge is 0.0314 e. The van der Waals surface area contributed by atoms with Gasteiger partial charge in [0.1, 0.15) is 0 Å². The van der Waals surface area contributed by atoms with Crippen molar-refractivity contribution in [2.75, 3.05) is 22.9 Å². The molecule has 0 spiro atoms. The van der Waals surface area contributed by atoms with E-state index in [1.165, 1.54) is 22.3 Å². The number of nitrogens with one attached hydrogen (secondary N) is 4. The number of nitrogen functional groups attached to an aromatic ring is 4. The van der Waals surface area contributed by atoms with Crippen molar-refractivity contribution in [1.29, 1.82) is 0 Å². The molecule has 0 aromatic heterocycles. The molecule has 5 aliphatic rings. The van der Waals surface area contributed by atoms with Gasteiger partial charge >= 0.3 is 0 Å². The molecule has 0 amide bonds. The molecule has 9 rings (SSSR count). The summed E-state index contributed by atoms with van der Waals surface area (Å²) in [6, 6.07) is 37.8. The van der Waals surface area contributed by atoms with Crippen molar-refractivity contribution in [2.24, 2.45) is 0 Å². The first kappa shape index (κ1) is 33.7. The van der Waals surface area contributed by atoms with Gasteiger partial charge in [0, 0.05) is 94.8 Å². The minimum Gasteiger partial charge on any atom is -0.399 e. The van der Waals surface area contributed by atoms with Crippen LogP contribution < -0.4 is 44.2 Å². The Hall–Kier alpha value is -4.08. The Labute approximate surface area is 308 Å². The van der Waals surface area contributed by atoms with Crippen LogP contribution in [0.3, 0.4) is 0 Å². The standard InChI is InChI=1S/C44H56N8/c45-29-9-1-25(2-10-29)41-33-17-19-35(49-33)42(26-3-11-30(46)12-4-26)37-21-23-39(51-37)44(28-7-15-32(48)16-8-28)40-24-22-38(52-40)43(36-20-18-34(41)50-36)27-5-13-31(47)14-6-27/h1-16,33-44,49-52H,17-24,45-48H2. The highest BCUT2D eigenvalue weighted by Crippen LogP contribution is 2.46. The Balaban J connectivity index is 1.14. The first-order chi connectivity index (χ1) is 25.4. The van der Waals surface area contributed by atoms with Crippen molar-refractivity contribution in [2.45, 2.75) is 123 Å². The van der Waals surface area contributed by atoms with Gasteiger partial charge in [-0.2, -0.15) is 0 Å². The van der Waals surface area contributed by atoms with Crippen molar-refractivity contribution in [3.05, 3.63) is 119 Å². The molecule has 5 aliphatic heterocycles. The van der Waals surface area contributed by atoms with E-state index >= 15 is 0 Å². The quantitative estimate of drug-likeness (QED) is 0.122. The highest BCUT2D eigenvalue weighted by molar-refractivity contribution is 5.45. The molecule has 0 radical (unpaired) electrons. The molecule has 8 nitrogen and oxygen atoms in total. The summed E-state index contributed by atoms with van der Waals surface area (Å²) in [6.07, 6.45) is 9.16. The lowest BCUT2D eigenvalue weighted by Gasteiger charge is -2.37. The van der Waals surface area contributed by atoms with Gasteiger partial charge in [0.05, 0.1) is 0 Å². The predicted molar refractivity (Wildman–Crippen MR) is 214 cm³/mol. The van der Waals surface area contributed by atoms with Crippen LogP contribution in [0.2, 0.25) is 0 Å². The molecule has 8 unspecified atom stereocenters. The van der Waals surface area contributed by atoms with Crippen LogP contribution in [0, 0.1) is 0 Å². The SMILES string of the molecule is Nc1ccc(C2C3CCC(N3)C(c3ccc(N)cc3)C3CCC(N3)C(c3ccc(N)cc3)C3CCC(N3)C(c3ccc(N)cc3)C3CCC2N3)cc1. The second-order valence-electron chi connectivity index (χ2n) is 16.6. The largest absolute Gasteiger partial charge is 0.399 e. The molecular formula is C44H56N8. The van der Waals surface area contributed by atoms with E-state index < -0.39 is 0 Å². The van der Waals surface area contributed by atoms with Crippen LogP contribution in [0.1, 0.15) is 97.3 Å². The predicted octanol–water partition coefficient (Wildman–Crippen LogP) is 5.95. The molecule has 5 heterocycles. The van der Waals surface area contributed by atoms with Crippen molar-refractivity contribution >= 4 is 22.7 Å². The van der Waals surface area contributed by atoms with Crippen molar-refractivity contribution in [3.8, 4) is 0 Å². The molecule has 0 aliphatic carbocycles. The molecule has 0 saturated carbocycles. The Morgan fingerprint density at radius 3 is 0.577 bits per heavy atom. The average molecular weight is 697 g/mol. The summed E-state index contributed by atoms with van der Waals surface area (Å²) in [5.41, 5.74) is 33.8. The Morgan fingerprint density at radius 2 is 0.423 bits per heavy atom. The molecule has 5 fully saturated rings. The number of nitrogens with two attached hydrogens (primary N) is 4. The van der Waals surface area contributed by atoms with Crippen LogP contribution in [0.4, 0.5) is 22.7 Å². The van der Waals surface area contributed by atoms with Gasteiger partial charge in [-0.15, -0.1) is 0 Å². The summed E-state index contributed by atoms with van der Waals surface area (Å²) in [5.74, 6) is 1.36. The first-order valence-electron chi connectivity index (χ1n) is 19.8. The highest BCUT2D eigenvalue weighted by atomic mass is 15.1. The lowest BCUT2D eigenvalue weighted by molar-refractivity contribution is 0.305. The third-order valence-corrected chi connectivity index (χ3v) is 13.6. The molecule has 5 saturated heterocycles. The van der Waals surface area contributed by atoms with Crippen LogP contribution in [0.25, 0.3) is 0 Å². The molecule has 8 bridgehead atoms. The molecule has 4 aromatic rings. The fourth-order valence-electron chi connectivity index (χ4n) is 11.3. The fourth-order valence-corrected chi connectivity index (χ4v) is 11.3. The number of hydrogen-bond acceptors (Lipinski definition) is 8. The third-order valence-electron chi connectivity index (χ3n) is 13.6. The second kappa shape index (κ2) is 14.0. The number of rotatable bonds is 4. The number of fused-ring (bicyclic) bond motifs is 8. The highest BCUT2D eigenvalue weighted by Gasteiger charge is 2.49. The lowest BCUT2D eigenvalue weighted by atomic mass is 9.82. The number of anilines is 4. The van der Waals surface area contributed by atoms with Crippen LogP contribution in [0.5, 0.6) is 0 Å². The van der Waals surface area contributed by atoms with Gasteiger partial charge in [0.2, 0.25) is 0 Å². The van der Waals surface area contributed by atoms with E-state index in [0.717, 1.165) is 74.1 Å².